The van der Waals surface area contributed by atoms with Gasteiger partial charge >= 0.3 is 0 Å². The van der Waals surface area contributed by atoms with Gasteiger partial charge in [0, 0.05) is 23.1 Å². The molecule has 0 aliphatic rings. The van der Waals surface area contributed by atoms with E-state index < -0.39 is 0 Å². The summed E-state index contributed by atoms with van der Waals surface area (Å²) in [5.41, 5.74) is 5.46. The van der Waals surface area contributed by atoms with Gasteiger partial charge in [0.1, 0.15) is 0 Å². The minimum absolute atomic E-state index is 0.555. The van der Waals surface area contributed by atoms with Crippen LogP contribution in [0.2, 0.25) is 0 Å². The first-order chi connectivity index (χ1) is 8.17. The normalized spacial score (nSPS) is 11.6. The molecule has 0 saturated carbocycles. The Morgan fingerprint density at radius 2 is 2.06 bits per heavy atom. The maximum Gasteiger partial charge on any atom is 0.0459 e. The number of H-pyrrole nitrogens is 1. The molecule has 0 atom stereocenters. The molecule has 1 aromatic heterocycles. The number of rotatable bonds is 4. The number of hydrogen-bond acceptors (Lipinski definition) is 1. The Morgan fingerprint density at radius 3 is 2.65 bits per heavy atom. The zero-order chi connectivity index (χ0) is 12.4. The molecule has 1 heterocycles. The van der Waals surface area contributed by atoms with Crippen LogP contribution in [-0.4, -0.2) is 12.0 Å². The maximum absolute atomic E-state index is 3.54. The fourth-order valence-corrected chi connectivity index (χ4v) is 2.51. The Hall–Kier alpha value is -1.28. The van der Waals surface area contributed by atoms with Gasteiger partial charge in [-0.1, -0.05) is 26.8 Å². The van der Waals surface area contributed by atoms with Gasteiger partial charge in [-0.3, -0.25) is 0 Å². The van der Waals surface area contributed by atoms with Crippen LogP contribution in [0.25, 0.3) is 10.9 Å². The van der Waals surface area contributed by atoms with Gasteiger partial charge in [0.15, 0.2) is 0 Å². The molecule has 92 valence electrons. The van der Waals surface area contributed by atoms with Crippen molar-refractivity contribution in [2.45, 2.75) is 39.7 Å². The van der Waals surface area contributed by atoms with Crippen molar-refractivity contribution in [2.75, 3.05) is 7.05 Å². The fraction of sp³-hybridized carbons (Fsp3) is 0.467. The highest BCUT2D eigenvalue weighted by molar-refractivity contribution is 5.86. The van der Waals surface area contributed by atoms with E-state index in [1.165, 1.54) is 27.7 Å². The van der Waals surface area contributed by atoms with Gasteiger partial charge in [-0.05, 0) is 42.6 Å². The van der Waals surface area contributed by atoms with Crippen LogP contribution in [0.5, 0.6) is 0 Å². The van der Waals surface area contributed by atoms with E-state index in [0.717, 1.165) is 13.0 Å². The Kier molecular flexibility index (Phi) is 3.53. The minimum Gasteiger partial charge on any atom is -0.357 e. The number of aryl methyl sites for hydroxylation is 1. The zero-order valence-corrected chi connectivity index (χ0v) is 11.2. The van der Waals surface area contributed by atoms with Gasteiger partial charge in [0.05, 0.1) is 0 Å². The van der Waals surface area contributed by atoms with Crippen molar-refractivity contribution >= 4 is 10.9 Å². The van der Waals surface area contributed by atoms with Gasteiger partial charge in [-0.15, -0.1) is 0 Å². The van der Waals surface area contributed by atoms with Crippen LogP contribution in [0, 0.1) is 0 Å². The highest BCUT2D eigenvalue weighted by Crippen LogP contribution is 2.30. The van der Waals surface area contributed by atoms with Crippen molar-refractivity contribution in [3.8, 4) is 0 Å². The Morgan fingerprint density at radius 1 is 1.29 bits per heavy atom. The van der Waals surface area contributed by atoms with Crippen molar-refractivity contribution < 1.29 is 0 Å². The summed E-state index contributed by atoms with van der Waals surface area (Å²) in [7, 11) is 1.99. The molecule has 0 unspecified atom stereocenters. The molecule has 1 aromatic carbocycles. The highest BCUT2D eigenvalue weighted by atomic mass is 14.9. The van der Waals surface area contributed by atoms with Crippen LogP contribution in [0.1, 0.15) is 43.5 Å². The standard InChI is InChI=1S/C15H22N2/c1-5-11-6-7-13-12(8-11)15(10(2)3)14(17-13)9-16-4/h6-8,10,16-17H,5,9H2,1-4H3. The topological polar surface area (TPSA) is 27.8 Å². The summed E-state index contributed by atoms with van der Waals surface area (Å²) in [5.74, 6) is 0.555. The predicted octanol–water partition coefficient (Wildman–Crippen LogP) is 3.57. The molecule has 0 radical (unpaired) electrons. The number of hydrogen-bond donors (Lipinski definition) is 2. The molecular weight excluding hydrogens is 208 g/mol. The average Bonchev–Trinajstić information content (AvgIpc) is 2.66. The Labute approximate surface area is 103 Å². The third kappa shape index (κ3) is 2.22. The van der Waals surface area contributed by atoms with Crippen molar-refractivity contribution in [3.63, 3.8) is 0 Å². The monoisotopic (exact) mass is 230 g/mol. The van der Waals surface area contributed by atoms with Crippen LogP contribution in [-0.2, 0) is 13.0 Å². The summed E-state index contributed by atoms with van der Waals surface area (Å²) in [4.78, 5) is 3.54. The third-order valence-electron chi connectivity index (χ3n) is 3.32. The smallest absolute Gasteiger partial charge is 0.0459 e. The summed E-state index contributed by atoms with van der Waals surface area (Å²) in [6, 6.07) is 6.76. The van der Waals surface area contributed by atoms with Gasteiger partial charge in [-0.25, -0.2) is 0 Å². The second kappa shape index (κ2) is 4.92. The van der Waals surface area contributed by atoms with E-state index in [4.69, 9.17) is 0 Å². The van der Waals surface area contributed by atoms with E-state index in [2.05, 4.69) is 49.3 Å². The van der Waals surface area contributed by atoms with Crippen LogP contribution in [0.4, 0.5) is 0 Å². The molecule has 0 amide bonds. The summed E-state index contributed by atoms with van der Waals surface area (Å²) < 4.78 is 0. The zero-order valence-electron chi connectivity index (χ0n) is 11.2. The Bertz CT molecular complexity index is 509. The van der Waals surface area contributed by atoms with Crippen molar-refractivity contribution in [1.82, 2.24) is 10.3 Å². The number of aromatic amines is 1. The molecule has 0 spiro atoms. The molecule has 2 heteroatoms. The first-order valence-electron chi connectivity index (χ1n) is 6.45. The largest absolute Gasteiger partial charge is 0.357 e. The number of benzene rings is 1. The van der Waals surface area contributed by atoms with Crippen LogP contribution in [0.3, 0.4) is 0 Å². The van der Waals surface area contributed by atoms with Crippen LogP contribution in [0.15, 0.2) is 18.2 Å². The number of aromatic nitrogens is 1. The summed E-state index contributed by atoms with van der Waals surface area (Å²) >= 11 is 0. The SMILES string of the molecule is CCc1ccc2[nH]c(CNC)c(C(C)C)c2c1. The van der Waals surface area contributed by atoms with Crippen LogP contribution >= 0.6 is 0 Å². The molecule has 2 rings (SSSR count). The second-order valence-electron chi connectivity index (χ2n) is 4.94. The lowest BCUT2D eigenvalue weighted by Gasteiger charge is -2.08. The summed E-state index contributed by atoms with van der Waals surface area (Å²) in [6.45, 7) is 7.64. The third-order valence-corrected chi connectivity index (χ3v) is 3.32. The van der Waals surface area contributed by atoms with Gasteiger partial charge in [-0.2, -0.15) is 0 Å². The minimum atomic E-state index is 0.555. The predicted molar refractivity (Wildman–Crippen MR) is 74.5 cm³/mol. The maximum atomic E-state index is 3.54. The molecule has 2 nitrogen and oxygen atoms in total. The molecule has 2 aromatic rings. The van der Waals surface area contributed by atoms with Gasteiger partial charge in [0.25, 0.3) is 0 Å². The molecule has 0 saturated heterocycles. The van der Waals surface area contributed by atoms with Gasteiger partial charge < -0.3 is 10.3 Å². The molecule has 0 aliphatic heterocycles. The lowest BCUT2D eigenvalue weighted by molar-refractivity contribution is 0.765. The van der Waals surface area contributed by atoms with E-state index in [9.17, 15) is 0 Å². The first-order valence-corrected chi connectivity index (χ1v) is 6.45. The molecule has 0 fully saturated rings. The van der Waals surface area contributed by atoms with Crippen molar-refractivity contribution in [2.24, 2.45) is 0 Å². The lowest BCUT2D eigenvalue weighted by atomic mass is 9.98. The molecule has 0 bridgehead atoms. The fourth-order valence-electron chi connectivity index (χ4n) is 2.51. The number of nitrogens with one attached hydrogen (secondary N) is 2. The van der Waals surface area contributed by atoms with Crippen LogP contribution < -0.4 is 5.32 Å². The summed E-state index contributed by atoms with van der Waals surface area (Å²) in [6.07, 6.45) is 1.10. The van der Waals surface area contributed by atoms with E-state index in [-0.39, 0.29) is 0 Å². The van der Waals surface area contributed by atoms with E-state index in [0.29, 0.717) is 5.92 Å². The molecular formula is C15H22N2. The quantitative estimate of drug-likeness (QED) is 0.825. The van der Waals surface area contributed by atoms with Gasteiger partial charge in [0.2, 0.25) is 0 Å². The molecule has 17 heavy (non-hydrogen) atoms. The van der Waals surface area contributed by atoms with Crippen molar-refractivity contribution in [1.29, 1.82) is 0 Å². The Balaban J connectivity index is 2.63. The van der Waals surface area contributed by atoms with E-state index >= 15 is 0 Å². The average molecular weight is 230 g/mol. The molecule has 0 aliphatic carbocycles. The van der Waals surface area contributed by atoms with E-state index in [1.807, 2.05) is 7.05 Å². The second-order valence-corrected chi connectivity index (χ2v) is 4.94. The lowest BCUT2D eigenvalue weighted by Crippen LogP contribution is -2.08. The highest BCUT2D eigenvalue weighted by Gasteiger charge is 2.13. The van der Waals surface area contributed by atoms with Crippen molar-refractivity contribution in [3.05, 3.63) is 35.0 Å². The molecule has 2 N–H and O–H groups in total. The first kappa shape index (κ1) is 12.2. The summed E-state index contributed by atoms with van der Waals surface area (Å²) in [5, 5.41) is 4.63. The van der Waals surface area contributed by atoms with E-state index in [1.54, 1.807) is 0 Å². The number of fused-ring (bicyclic) bond motifs is 1.